The first kappa shape index (κ1) is 13.5. The van der Waals surface area contributed by atoms with E-state index in [4.69, 9.17) is 23.7 Å². The van der Waals surface area contributed by atoms with Crippen molar-refractivity contribution >= 4 is 6.29 Å². The SMILES string of the molecule is CO[C@@H]1O[C@H](C=O)[C@@H](OC)[C@H](OC)[C@H]1OC. The number of aldehydes is 1. The Morgan fingerprint density at radius 1 is 0.875 bits per heavy atom. The topological polar surface area (TPSA) is 63.2 Å². The Morgan fingerprint density at radius 2 is 1.44 bits per heavy atom. The molecule has 0 aliphatic carbocycles. The number of methoxy groups -OCH3 is 4. The second kappa shape index (κ2) is 6.27. The lowest BCUT2D eigenvalue weighted by molar-refractivity contribution is -0.293. The highest BCUT2D eigenvalue weighted by molar-refractivity contribution is 5.57. The van der Waals surface area contributed by atoms with E-state index in [-0.39, 0.29) is 0 Å². The van der Waals surface area contributed by atoms with Gasteiger partial charge >= 0.3 is 0 Å². The zero-order valence-electron chi connectivity index (χ0n) is 9.91. The summed E-state index contributed by atoms with van der Waals surface area (Å²) < 4.78 is 26.3. The van der Waals surface area contributed by atoms with Crippen molar-refractivity contribution in [1.82, 2.24) is 0 Å². The van der Waals surface area contributed by atoms with E-state index in [1.54, 1.807) is 0 Å². The van der Waals surface area contributed by atoms with Gasteiger partial charge in [0.1, 0.15) is 24.4 Å². The van der Waals surface area contributed by atoms with Gasteiger partial charge in [-0.25, -0.2) is 0 Å². The highest BCUT2D eigenvalue weighted by Gasteiger charge is 2.47. The van der Waals surface area contributed by atoms with Crippen LogP contribution >= 0.6 is 0 Å². The summed E-state index contributed by atoms with van der Waals surface area (Å²) in [7, 11) is 6.04. The highest BCUT2D eigenvalue weighted by Crippen LogP contribution is 2.26. The summed E-state index contributed by atoms with van der Waals surface area (Å²) in [6.45, 7) is 0. The van der Waals surface area contributed by atoms with Gasteiger partial charge in [0.2, 0.25) is 0 Å². The molecule has 1 fully saturated rings. The minimum absolute atomic E-state index is 0.413. The number of hydrogen-bond donors (Lipinski definition) is 0. The molecule has 0 spiro atoms. The summed E-state index contributed by atoms with van der Waals surface area (Å²) >= 11 is 0. The Bertz CT molecular complexity index is 221. The van der Waals surface area contributed by atoms with Crippen LogP contribution in [0.25, 0.3) is 0 Å². The molecule has 5 atom stereocenters. The third-order valence-electron chi connectivity index (χ3n) is 2.71. The Balaban J connectivity index is 2.89. The van der Waals surface area contributed by atoms with Gasteiger partial charge in [0.15, 0.2) is 12.6 Å². The van der Waals surface area contributed by atoms with E-state index in [0.717, 1.165) is 0 Å². The van der Waals surface area contributed by atoms with Crippen LogP contribution in [0.2, 0.25) is 0 Å². The van der Waals surface area contributed by atoms with Crippen LogP contribution in [0.3, 0.4) is 0 Å². The first-order chi connectivity index (χ1) is 7.73. The molecule has 0 bridgehead atoms. The average molecular weight is 234 g/mol. The third-order valence-corrected chi connectivity index (χ3v) is 2.71. The lowest BCUT2D eigenvalue weighted by atomic mass is 9.99. The molecule has 0 radical (unpaired) electrons. The highest BCUT2D eigenvalue weighted by atomic mass is 16.7. The normalized spacial score (nSPS) is 39.6. The van der Waals surface area contributed by atoms with Crippen molar-refractivity contribution in [2.75, 3.05) is 28.4 Å². The van der Waals surface area contributed by atoms with E-state index in [0.29, 0.717) is 6.29 Å². The second-order valence-electron chi connectivity index (χ2n) is 3.44. The number of ether oxygens (including phenoxy) is 5. The molecule has 0 N–H and O–H groups in total. The van der Waals surface area contributed by atoms with Gasteiger partial charge in [0, 0.05) is 28.4 Å². The Morgan fingerprint density at radius 3 is 1.81 bits per heavy atom. The molecule has 94 valence electrons. The lowest BCUT2D eigenvalue weighted by Crippen LogP contribution is -2.60. The van der Waals surface area contributed by atoms with E-state index in [2.05, 4.69) is 0 Å². The lowest BCUT2D eigenvalue weighted by Gasteiger charge is -2.42. The van der Waals surface area contributed by atoms with Gasteiger partial charge in [0.25, 0.3) is 0 Å². The van der Waals surface area contributed by atoms with Crippen molar-refractivity contribution in [2.24, 2.45) is 0 Å². The molecule has 1 aliphatic rings. The van der Waals surface area contributed by atoms with E-state index in [1.165, 1.54) is 28.4 Å². The zero-order chi connectivity index (χ0) is 12.1. The molecule has 0 aromatic rings. The number of rotatable bonds is 5. The summed E-state index contributed by atoms with van der Waals surface area (Å²) in [4.78, 5) is 10.9. The van der Waals surface area contributed by atoms with Gasteiger partial charge in [-0.2, -0.15) is 0 Å². The zero-order valence-corrected chi connectivity index (χ0v) is 9.91. The van der Waals surface area contributed by atoms with Crippen LogP contribution in [-0.2, 0) is 28.5 Å². The van der Waals surface area contributed by atoms with Crippen LogP contribution in [0.5, 0.6) is 0 Å². The molecule has 1 heterocycles. The standard InChI is InChI=1S/C10H18O6/c1-12-7-6(5-11)16-10(15-4)9(14-3)8(7)13-2/h5-10H,1-4H3/t6-,7-,8+,9-,10-/m1/s1. The van der Waals surface area contributed by atoms with Crippen LogP contribution in [-0.4, -0.2) is 65.4 Å². The predicted molar refractivity (Wildman–Crippen MR) is 54.1 cm³/mol. The van der Waals surface area contributed by atoms with Crippen LogP contribution in [0.1, 0.15) is 0 Å². The Kier molecular flexibility index (Phi) is 5.30. The van der Waals surface area contributed by atoms with Crippen molar-refractivity contribution in [1.29, 1.82) is 0 Å². The fraction of sp³-hybridized carbons (Fsp3) is 0.900. The molecule has 0 aromatic carbocycles. The van der Waals surface area contributed by atoms with Crippen LogP contribution in [0.15, 0.2) is 0 Å². The summed E-state index contributed by atoms with van der Waals surface area (Å²) in [5.41, 5.74) is 0. The molecule has 0 aromatic heterocycles. The third kappa shape index (κ3) is 2.41. The van der Waals surface area contributed by atoms with Gasteiger partial charge in [-0.05, 0) is 0 Å². The minimum atomic E-state index is -0.716. The Labute approximate surface area is 94.7 Å². The van der Waals surface area contributed by atoms with Crippen LogP contribution in [0.4, 0.5) is 0 Å². The minimum Gasteiger partial charge on any atom is -0.376 e. The van der Waals surface area contributed by atoms with Crippen molar-refractivity contribution in [3.63, 3.8) is 0 Å². The molecule has 1 aliphatic heterocycles. The number of carbonyl (C=O) groups excluding carboxylic acids is 1. The quantitative estimate of drug-likeness (QED) is 0.603. The molecule has 1 rings (SSSR count). The molecule has 6 nitrogen and oxygen atoms in total. The van der Waals surface area contributed by atoms with E-state index in [1.807, 2.05) is 0 Å². The van der Waals surface area contributed by atoms with Crippen LogP contribution in [0, 0.1) is 0 Å². The van der Waals surface area contributed by atoms with Gasteiger partial charge in [-0.1, -0.05) is 0 Å². The molecular weight excluding hydrogens is 216 g/mol. The van der Waals surface area contributed by atoms with Crippen molar-refractivity contribution in [3.8, 4) is 0 Å². The Hall–Kier alpha value is -0.530. The smallest absolute Gasteiger partial charge is 0.187 e. The van der Waals surface area contributed by atoms with Crippen molar-refractivity contribution in [2.45, 2.75) is 30.7 Å². The summed E-state index contributed by atoms with van der Waals surface area (Å²) in [6, 6.07) is 0. The fourth-order valence-corrected chi connectivity index (χ4v) is 1.92. The van der Waals surface area contributed by atoms with Crippen LogP contribution < -0.4 is 0 Å². The molecule has 0 unspecified atom stereocenters. The maximum absolute atomic E-state index is 10.9. The van der Waals surface area contributed by atoms with E-state index < -0.39 is 30.7 Å². The van der Waals surface area contributed by atoms with Crippen molar-refractivity contribution in [3.05, 3.63) is 0 Å². The van der Waals surface area contributed by atoms with Gasteiger partial charge in [-0.15, -0.1) is 0 Å². The van der Waals surface area contributed by atoms with E-state index >= 15 is 0 Å². The monoisotopic (exact) mass is 234 g/mol. The van der Waals surface area contributed by atoms with E-state index in [9.17, 15) is 4.79 Å². The molecule has 6 heteroatoms. The predicted octanol–water partition coefficient (Wildman–Crippen LogP) is -0.398. The summed E-state index contributed by atoms with van der Waals surface area (Å²) in [6.07, 6.45) is -2.03. The fourth-order valence-electron chi connectivity index (χ4n) is 1.92. The molecular formula is C10H18O6. The second-order valence-corrected chi connectivity index (χ2v) is 3.44. The average Bonchev–Trinajstić information content (AvgIpc) is 2.35. The maximum Gasteiger partial charge on any atom is 0.187 e. The first-order valence-electron chi connectivity index (χ1n) is 4.95. The van der Waals surface area contributed by atoms with Gasteiger partial charge in [-0.3, -0.25) is 0 Å². The molecule has 1 saturated heterocycles. The summed E-state index contributed by atoms with van der Waals surface area (Å²) in [5.74, 6) is 0. The maximum atomic E-state index is 10.9. The van der Waals surface area contributed by atoms with Gasteiger partial charge in [0.05, 0.1) is 0 Å². The summed E-state index contributed by atoms with van der Waals surface area (Å²) in [5, 5.41) is 0. The molecule has 16 heavy (non-hydrogen) atoms. The van der Waals surface area contributed by atoms with Gasteiger partial charge < -0.3 is 28.5 Å². The molecule has 0 saturated carbocycles. The molecule has 0 amide bonds. The largest absolute Gasteiger partial charge is 0.376 e. The number of carbonyl (C=O) groups is 1. The van der Waals surface area contributed by atoms with Crippen molar-refractivity contribution < 1.29 is 28.5 Å². The number of hydrogen-bond acceptors (Lipinski definition) is 6. The first-order valence-corrected chi connectivity index (χ1v) is 4.95.